The average molecular weight is 951 g/mol. The summed E-state index contributed by atoms with van der Waals surface area (Å²) in [5.41, 5.74) is 0.730. The van der Waals surface area contributed by atoms with Gasteiger partial charge >= 0.3 is 0 Å². The van der Waals surface area contributed by atoms with Gasteiger partial charge in [-0.3, -0.25) is 0 Å². The van der Waals surface area contributed by atoms with Gasteiger partial charge in [0.1, 0.15) is 85.5 Å². The molecule has 4 saturated heterocycles. The van der Waals surface area contributed by atoms with Crippen LogP contribution < -0.4 is 0 Å². The average Bonchev–Trinajstić information content (AvgIpc) is 3.59. The Morgan fingerprint density at radius 1 is 0.636 bits per heavy atom. The molecule has 0 aromatic carbocycles. The van der Waals surface area contributed by atoms with Crippen molar-refractivity contribution < 1.29 is 104 Å². The molecule has 0 aromatic heterocycles. The third-order valence-electron chi connectivity index (χ3n) is 17.1. The monoisotopic (exact) mass is 950 g/mol. The summed E-state index contributed by atoms with van der Waals surface area (Å²) >= 11 is 0. The van der Waals surface area contributed by atoms with Gasteiger partial charge in [0, 0.05) is 5.92 Å². The van der Waals surface area contributed by atoms with E-state index in [1.165, 1.54) is 19.4 Å². The Labute approximate surface area is 383 Å². The molecule has 4 aliphatic carbocycles. The van der Waals surface area contributed by atoms with E-state index < -0.39 is 154 Å². The fourth-order valence-electron chi connectivity index (χ4n) is 13.3. The van der Waals surface area contributed by atoms with E-state index in [1.54, 1.807) is 6.92 Å². The number of allylic oxidation sites excluding steroid dienone is 1. The van der Waals surface area contributed by atoms with Crippen LogP contribution in [-0.2, 0) is 37.9 Å². The Balaban J connectivity index is 0.881. The maximum atomic E-state index is 11.2. The molecule has 4 heterocycles. The molecule has 4 aliphatic heterocycles. The van der Waals surface area contributed by atoms with E-state index in [9.17, 15) is 66.4 Å². The molecule has 0 spiro atoms. The number of hydrogen-bond donors (Lipinski definition) is 13. The Hall–Kier alpha value is -1.10. The summed E-state index contributed by atoms with van der Waals surface area (Å²) in [5.74, 6) is 0.390. The fourth-order valence-corrected chi connectivity index (χ4v) is 13.3. The maximum absolute atomic E-state index is 11.2. The van der Waals surface area contributed by atoms with E-state index in [0.29, 0.717) is 25.2 Å². The highest BCUT2D eigenvalue weighted by Gasteiger charge is 2.63. The van der Waals surface area contributed by atoms with Crippen LogP contribution in [0.4, 0.5) is 0 Å². The Morgan fingerprint density at radius 2 is 1.21 bits per heavy atom. The molecule has 29 atom stereocenters. The predicted octanol–water partition coefficient (Wildman–Crippen LogP) is -3.37. The van der Waals surface area contributed by atoms with Crippen LogP contribution in [0, 0.1) is 34.5 Å². The Kier molecular flexibility index (Phi) is 15.4. The zero-order chi connectivity index (χ0) is 47.9. The number of aliphatic hydroxyl groups excluding tert-OH is 13. The van der Waals surface area contributed by atoms with Crippen molar-refractivity contribution in [3.05, 3.63) is 11.6 Å². The lowest BCUT2D eigenvalue weighted by atomic mass is 9.47. The molecule has 21 nitrogen and oxygen atoms in total. The van der Waals surface area contributed by atoms with Gasteiger partial charge in [0.15, 0.2) is 25.2 Å². The van der Waals surface area contributed by atoms with Crippen molar-refractivity contribution in [2.75, 3.05) is 13.2 Å². The third-order valence-corrected chi connectivity index (χ3v) is 17.1. The van der Waals surface area contributed by atoms with Crippen LogP contribution >= 0.6 is 0 Å². The van der Waals surface area contributed by atoms with Gasteiger partial charge in [-0.1, -0.05) is 25.5 Å². The zero-order valence-corrected chi connectivity index (χ0v) is 38.1. The van der Waals surface area contributed by atoms with Gasteiger partial charge in [-0.25, -0.2) is 0 Å². The molecule has 4 unspecified atom stereocenters. The van der Waals surface area contributed by atoms with E-state index in [-0.39, 0.29) is 28.6 Å². The van der Waals surface area contributed by atoms with E-state index in [4.69, 9.17) is 37.9 Å². The minimum atomic E-state index is -1.71. The number of rotatable bonds is 11. The standard InChI is InChI=1S/C45H74O21/c1-16(47)27-24(63-43-37(57)32(52)29(49)25(14-46)64-43)13-23-21-7-6-19-12-20(8-10-44(19,4)22(21)9-11-45(23,27)5)62-42-36(56)33(53)30(50)26(65-42)15-59-40-38(58)34(54)39(18(3)61-40)66-41-35(55)31(51)28(48)17(2)60-41/h6,16-18,20-43,46-58H,7-15H2,1-5H3/t16?,17-,18+,20+,21?,22?,23?,24-,25-,26-,27+,28-,29-,30-,31+,32+,33+,34+,35-,36-,37-,38-,39+,40-,41+,42-,43-,44+,45+/m1/s1. The number of fused-ring (bicyclic) bond motifs is 5. The smallest absolute Gasteiger partial charge is 0.187 e. The topological polar surface area (TPSA) is 337 Å². The first-order chi connectivity index (χ1) is 31.1. The molecule has 3 saturated carbocycles. The van der Waals surface area contributed by atoms with Crippen LogP contribution in [-0.4, -0.2) is 221 Å². The first-order valence-corrected chi connectivity index (χ1v) is 23.8. The summed E-state index contributed by atoms with van der Waals surface area (Å²) in [6, 6.07) is 0. The fraction of sp³-hybridized carbons (Fsp3) is 0.956. The van der Waals surface area contributed by atoms with Crippen molar-refractivity contribution in [2.45, 2.75) is 221 Å². The lowest BCUT2D eigenvalue weighted by molar-refractivity contribution is -0.359. The summed E-state index contributed by atoms with van der Waals surface area (Å²) in [6.45, 7) is 8.19. The molecule has 0 radical (unpaired) electrons. The van der Waals surface area contributed by atoms with Crippen molar-refractivity contribution in [3.63, 3.8) is 0 Å². The molecule has 13 N–H and O–H groups in total. The summed E-state index contributed by atoms with van der Waals surface area (Å²) in [5, 5.41) is 138. The van der Waals surface area contributed by atoms with Gasteiger partial charge in [0.2, 0.25) is 0 Å². The Morgan fingerprint density at radius 3 is 1.86 bits per heavy atom. The summed E-state index contributed by atoms with van der Waals surface area (Å²) in [4.78, 5) is 0. The van der Waals surface area contributed by atoms with E-state index >= 15 is 0 Å². The third kappa shape index (κ3) is 9.08. The van der Waals surface area contributed by atoms with Gasteiger partial charge in [0.05, 0.1) is 43.7 Å². The van der Waals surface area contributed by atoms with Crippen LogP contribution in [0.2, 0.25) is 0 Å². The summed E-state index contributed by atoms with van der Waals surface area (Å²) in [7, 11) is 0. The number of aliphatic hydroxyl groups is 13. The molecule has 0 aromatic rings. The highest BCUT2D eigenvalue weighted by atomic mass is 16.8. The van der Waals surface area contributed by atoms with Crippen molar-refractivity contribution >= 4 is 0 Å². The van der Waals surface area contributed by atoms with E-state index in [0.717, 1.165) is 25.7 Å². The summed E-state index contributed by atoms with van der Waals surface area (Å²) < 4.78 is 47.3. The quantitative estimate of drug-likeness (QED) is 0.0899. The van der Waals surface area contributed by atoms with Crippen LogP contribution in [0.5, 0.6) is 0 Å². The molecule has 21 heteroatoms. The van der Waals surface area contributed by atoms with Crippen LogP contribution in [0.3, 0.4) is 0 Å². The van der Waals surface area contributed by atoms with Gasteiger partial charge in [-0.2, -0.15) is 0 Å². The highest BCUT2D eigenvalue weighted by Crippen LogP contribution is 2.67. The number of ether oxygens (including phenoxy) is 8. The lowest BCUT2D eigenvalue weighted by Crippen LogP contribution is -2.63. The normalized spacial score (nSPS) is 55.9. The maximum Gasteiger partial charge on any atom is 0.187 e. The molecule has 380 valence electrons. The van der Waals surface area contributed by atoms with Crippen molar-refractivity contribution in [2.24, 2.45) is 34.5 Å². The second-order valence-electron chi connectivity index (χ2n) is 21.0. The van der Waals surface area contributed by atoms with Crippen molar-refractivity contribution in [1.82, 2.24) is 0 Å². The molecule has 0 amide bonds. The SMILES string of the molecule is CC(O)[C@H]1[C@H](O[C@@H]2O[C@H](CO)[C@@H](O)[C@H](O)[C@H]2O)CC2C3CC=C4C[C@@H](O[C@@H]5O[C@H](CO[C@@H]6O[C@@H](C)[C@H](O[C@@H]7O[C@H](C)[C@@H](O)[C@H](O)[C@H]7O)[C@@H](O)[C@H]6O)[C@@H](O)[C@H](O)[C@H]5O)CC[C@]4(C)C3CC[C@@]21C. The van der Waals surface area contributed by atoms with Crippen LogP contribution in [0.25, 0.3) is 0 Å². The van der Waals surface area contributed by atoms with Crippen LogP contribution in [0.1, 0.15) is 79.6 Å². The molecule has 8 rings (SSSR count). The van der Waals surface area contributed by atoms with Gasteiger partial charge in [-0.05, 0) is 94.3 Å². The molecule has 0 bridgehead atoms. The van der Waals surface area contributed by atoms with E-state index in [1.807, 2.05) is 0 Å². The second kappa shape index (κ2) is 19.8. The molecule has 7 fully saturated rings. The zero-order valence-electron chi connectivity index (χ0n) is 38.1. The minimum Gasteiger partial charge on any atom is -0.394 e. The molecule has 8 aliphatic rings. The number of hydrogen-bond acceptors (Lipinski definition) is 21. The van der Waals surface area contributed by atoms with Crippen molar-refractivity contribution in [3.8, 4) is 0 Å². The summed E-state index contributed by atoms with van der Waals surface area (Å²) in [6.07, 6.45) is -23.0. The minimum absolute atomic E-state index is 0.147. The largest absolute Gasteiger partial charge is 0.394 e. The van der Waals surface area contributed by atoms with Crippen LogP contribution in [0.15, 0.2) is 11.6 Å². The second-order valence-corrected chi connectivity index (χ2v) is 21.0. The predicted molar refractivity (Wildman–Crippen MR) is 222 cm³/mol. The van der Waals surface area contributed by atoms with E-state index in [2.05, 4.69) is 19.9 Å². The first-order valence-electron chi connectivity index (χ1n) is 23.8. The molecule has 66 heavy (non-hydrogen) atoms. The van der Waals surface area contributed by atoms with Crippen molar-refractivity contribution in [1.29, 1.82) is 0 Å². The Bertz CT molecular complexity index is 1670. The molecular formula is C45H74O21. The lowest BCUT2D eigenvalue weighted by Gasteiger charge is -2.58. The van der Waals surface area contributed by atoms with Gasteiger partial charge in [-0.15, -0.1) is 0 Å². The highest BCUT2D eigenvalue weighted by molar-refractivity contribution is 5.26. The molecular weight excluding hydrogens is 876 g/mol. The first kappa shape index (κ1) is 51.3. The van der Waals surface area contributed by atoms with Gasteiger partial charge in [0.25, 0.3) is 0 Å². The van der Waals surface area contributed by atoms with Gasteiger partial charge < -0.3 is 104 Å².